The van der Waals surface area contributed by atoms with E-state index < -0.39 is 35.7 Å². The Morgan fingerprint density at radius 2 is 1.33 bits per heavy atom. The second-order valence-corrected chi connectivity index (χ2v) is 11.1. The van der Waals surface area contributed by atoms with Gasteiger partial charge in [-0.25, -0.2) is 9.59 Å². The smallest absolute Gasteiger partial charge is 0.339 e. The van der Waals surface area contributed by atoms with E-state index in [9.17, 15) is 34.5 Å². The normalized spacial score (nSPS) is 12.2. The second kappa shape index (κ2) is 11.9. The number of carboxylic acid groups (broad SMARTS) is 2. The highest BCUT2D eigenvalue weighted by Crippen LogP contribution is 2.39. The van der Waals surface area contributed by atoms with Gasteiger partial charge in [0.15, 0.2) is 6.10 Å². The third-order valence-electron chi connectivity index (χ3n) is 6.74. The maximum Gasteiger partial charge on any atom is 0.339 e. The number of carbonyl (C=O) groups excluding carboxylic acids is 2. The number of phenols is 1. The standard InChI is InChI=1S/C32H31NO9/c1-18(34)41-21(17-33(2,3)4)15-28(35)42-30-25(23-12-8-6-10-20(23)14-27(30)32(39)40)16-24-22-11-7-5-9-19(22)13-26(29(24)36)31(37)38/h5-14,21H,15-17H2,1-4H3,(H2-,36,37,38,39,40)/p+1/t21-/m1/s1. The van der Waals surface area contributed by atoms with Gasteiger partial charge in [0.1, 0.15) is 29.2 Å². The molecule has 0 heterocycles. The van der Waals surface area contributed by atoms with Crippen molar-refractivity contribution in [3.63, 3.8) is 0 Å². The molecule has 0 radical (unpaired) electrons. The number of aromatic hydroxyl groups is 1. The van der Waals surface area contributed by atoms with Gasteiger partial charge in [0, 0.05) is 24.5 Å². The second-order valence-electron chi connectivity index (χ2n) is 11.1. The molecule has 0 aliphatic carbocycles. The zero-order chi connectivity index (χ0) is 30.8. The molecule has 1 atom stereocenters. The molecule has 4 aromatic carbocycles. The number of quaternary nitrogens is 1. The average Bonchev–Trinajstić information content (AvgIpc) is 2.89. The lowest BCUT2D eigenvalue weighted by molar-refractivity contribution is -0.873. The number of hydrogen-bond donors (Lipinski definition) is 3. The number of fused-ring (bicyclic) bond motifs is 2. The molecule has 0 aromatic heterocycles. The maximum absolute atomic E-state index is 13.3. The molecule has 0 unspecified atom stereocenters. The van der Waals surface area contributed by atoms with Gasteiger partial charge >= 0.3 is 23.9 Å². The lowest BCUT2D eigenvalue weighted by Crippen LogP contribution is -2.44. The van der Waals surface area contributed by atoms with Crippen LogP contribution in [0.2, 0.25) is 0 Å². The van der Waals surface area contributed by atoms with Crippen LogP contribution in [0.25, 0.3) is 21.5 Å². The number of hydrogen-bond acceptors (Lipinski definition) is 7. The molecule has 10 nitrogen and oxygen atoms in total. The number of ether oxygens (including phenoxy) is 2. The van der Waals surface area contributed by atoms with Crippen LogP contribution in [0.1, 0.15) is 45.2 Å². The summed E-state index contributed by atoms with van der Waals surface area (Å²) in [5.74, 6) is -4.77. The first-order valence-electron chi connectivity index (χ1n) is 13.2. The summed E-state index contributed by atoms with van der Waals surface area (Å²) in [7, 11) is 5.61. The SMILES string of the molecule is CC(=O)O[C@H](CC(=O)Oc1c(C(=O)O)cc2ccccc2c1Cc1c(O)c(C(=O)O)cc2ccccc12)C[N+](C)(C)C. The lowest BCUT2D eigenvalue weighted by atomic mass is 9.90. The first kappa shape index (κ1) is 30.0. The predicted molar refractivity (Wildman–Crippen MR) is 155 cm³/mol. The molecule has 218 valence electrons. The zero-order valence-corrected chi connectivity index (χ0v) is 23.7. The van der Waals surface area contributed by atoms with E-state index in [1.807, 2.05) is 21.1 Å². The van der Waals surface area contributed by atoms with Gasteiger partial charge < -0.3 is 29.3 Å². The lowest BCUT2D eigenvalue weighted by Gasteiger charge is -2.28. The summed E-state index contributed by atoms with van der Waals surface area (Å²) in [5.41, 5.74) is -0.0906. The van der Waals surface area contributed by atoms with Gasteiger partial charge in [-0.05, 0) is 33.7 Å². The van der Waals surface area contributed by atoms with Crippen molar-refractivity contribution in [1.29, 1.82) is 0 Å². The van der Waals surface area contributed by atoms with Gasteiger partial charge in [0.05, 0.1) is 27.6 Å². The molecule has 0 saturated heterocycles. The molecule has 0 fully saturated rings. The first-order valence-corrected chi connectivity index (χ1v) is 13.2. The fraction of sp³-hybridized carbons (Fsp3) is 0.250. The van der Waals surface area contributed by atoms with E-state index in [-0.39, 0.29) is 40.8 Å². The van der Waals surface area contributed by atoms with Gasteiger partial charge in [-0.3, -0.25) is 9.59 Å². The van der Waals surface area contributed by atoms with E-state index in [1.165, 1.54) is 19.1 Å². The molecular weight excluding hydrogens is 542 g/mol. The fourth-order valence-corrected chi connectivity index (χ4v) is 5.12. The molecule has 0 aliphatic heterocycles. The van der Waals surface area contributed by atoms with E-state index in [1.54, 1.807) is 48.5 Å². The highest BCUT2D eigenvalue weighted by molar-refractivity contribution is 6.03. The molecule has 4 rings (SSSR count). The van der Waals surface area contributed by atoms with E-state index in [2.05, 4.69) is 0 Å². The van der Waals surface area contributed by atoms with Crippen LogP contribution in [0, 0.1) is 0 Å². The maximum atomic E-state index is 13.3. The quantitative estimate of drug-likeness (QED) is 0.140. The number of esters is 2. The highest BCUT2D eigenvalue weighted by Gasteiger charge is 2.29. The number of likely N-dealkylation sites (N-methyl/N-ethyl adjacent to an activating group) is 1. The van der Waals surface area contributed by atoms with Crippen molar-refractivity contribution >= 4 is 45.4 Å². The van der Waals surface area contributed by atoms with E-state index in [0.717, 1.165) is 0 Å². The summed E-state index contributed by atoms with van der Waals surface area (Å²) in [6.07, 6.45) is -1.31. The number of carbonyl (C=O) groups is 4. The van der Waals surface area contributed by atoms with Crippen molar-refractivity contribution in [2.45, 2.75) is 25.9 Å². The third kappa shape index (κ3) is 6.67. The molecule has 42 heavy (non-hydrogen) atoms. The molecule has 0 aliphatic rings. The van der Waals surface area contributed by atoms with Gasteiger partial charge in [0.2, 0.25) is 0 Å². The van der Waals surface area contributed by atoms with Crippen LogP contribution in [-0.2, 0) is 20.7 Å². The predicted octanol–water partition coefficient (Wildman–Crippen LogP) is 4.62. The van der Waals surface area contributed by atoms with E-state index >= 15 is 0 Å². The van der Waals surface area contributed by atoms with E-state index in [0.29, 0.717) is 32.6 Å². The Bertz CT molecular complexity index is 1720. The Morgan fingerprint density at radius 3 is 1.86 bits per heavy atom. The Kier molecular flexibility index (Phi) is 8.49. The number of carboxylic acids is 2. The molecule has 0 bridgehead atoms. The summed E-state index contributed by atoms with van der Waals surface area (Å²) < 4.78 is 11.5. The van der Waals surface area contributed by atoms with Crippen LogP contribution in [0.5, 0.6) is 11.5 Å². The van der Waals surface area contributed by atoms with Gasteiger partial charge in [-0.1, -0.05) is 48.5 Å². The van der Waals surface area contributed by atoms with Crippen LogP contribution < -0.4 is 4.74 Å². The first-order chi connectivity index (χ1) is 19.7. The Labute approximate surface area is 241 Å². The summed E-state index contributed by atoms with van der Waals surface area (Å²) in [5, 5.41) is 33.2. The minimum Gasteiger partial charge on any atom is -0.507 e. The summed E-state index contributed by atoms with van der Waals surface area (Å²) >= 11 is 0. The monoisotopic (exact) mass is 574 g/mol. The van der Waals surface area contributed by atoms with Crippen LogP contribution >= 0.6 is 0 Å². The minimum absolute atomic E-state index is 0.149. The summed E-state index contributed by atoms with van der Waals surface area (Å²) in [4.78, 5) is 49.4. The van der Waals surface area contributed by atoms with Crippen molar-refractivity contribution in [1.82, 2.24) is 0 Å². The van der Waals surface area contributed by atoms with Crippen LogP contribution in [0.3, 0.4) is 0 Å². The van der Waals surface area contributed by atoms with Crippen molar-refractivity contribution in [3.8, 4) is 11.5 Å². The number of nitrogens with zero attached hydrogens (tertiary/aromatic N) is 1. The fourth-order valence-electron chi connectivity index (χ4n) is 5.12. The molecule has 0 saturated carbocycles. The van der Waals surface area contributed by atoms with E-state index in [4.69, 9.17) is 9.47 Å². The summed E-state index contributed by atoms with van der Waals surface area (Å²) in [6, 6.07) is 16.6. The van der Waals surface area contributed by atoms with Crippen molar-refractivity contribution in [3.05, 3.63) is 82.9 Å². The van der Waals surface area contributed by atoms with Crippen LogP contribution in [0.4, 0.5) is 0 Å². The number of aromatic carboxylic acids is 2. The molecule has 4 aromatic rings. The molecule has 0 spiro atoms. The number of rotatable bonds is 10. The van der Waals surface area contributed by atoms with Crippen molar-refractivity contribution in [2.75, 3.05) is 27.7 Å². The molecule has 10 heteroatoms. The average molecular weight is 575 g/mol. The molecule has 0 amide bonds. The van der Waals surface area contributed by atoms with Gasteiger partial charge in [-0.15, -0.1) is 0 Å². The third-order valence-corrected chi connectivity index (χ3v) is 6.74. The largest absolute Gasteiger partial charge is 0.507 e. The molecular formula is C32H32NO9+. The van der Waals surface area contributed by atoms with Crippen molar-refractivity contribution < 1.29 is 48.5 Å². The minimum atomic E-state index is -1.35. The van der Waals surface area contributed by atoms with Crippen LogP contribution in [0.15, 0.2) is 60.7 Å². The van der Waals surface area contributed by atoms with Gasteiger partial charge in [0.25, 0.3) is 0 Å². The summed E-state index contributed by atoms with van der Waals surface area (Å²) in [6.45, 7) is 1.53. The van der Waals surface area contributed by atoms with Crippen molar-refractivity contribution in [2.24, 2.45) is 0 Å². The Hall–Kier alpha value is -4.96. The zero-order valence-electron chi connectivity index (χ0n) is 23.7. The number of benzene rings is 4. The highest BCUT2D eigenvalue weighted by atomic mass is 16.6. The Balaban J connectivity index is 1.89. The van der Waals surface area contributed by atoms with Gasteiger partial charge in [-0.2, -0.15) is 0 Å². The Morgan fingerprint density at radius 1 is 0.810 bits per heavy atom. The van der Waals surface area contributed by atoms with Crippen LogP contribution in [-0.4, -0.2) is 77.5 Å². The topological polar surface area (TPSA) is 147 Å². The molecule has 3 N–H and O–H groups in total.